The third-order valence-electron chi connectivity index (χ3n) is 6.10. The number of methoxy groups -OCH3 is 1. The predicted molar refractivity (Wildman–Crippen MR) is 135 cm³/mol. The van der Waals surface area contributed by atoms with Crippen LogP contribution in [-0.4, -0.2) is 63.4 Å². The Morgan fingerprint density at radius 1 is 1.20 bits per heavy atom. The van der Waals surface area contributed by atoms with Gasteiger partial charge >= 0.3 is 0 Å². The molecule has 0 spiro atoms. The maximum Gasteiger partial charge on any atom is 0.267 e. The van der Waals surface area contributed by atoms with Gasteiger partial charge in [-0.1, -0.05) is 17.4 Å². The number of nitrogens with one attached hydrogen (secondary N) is 2. The summed E-state index contributed by atoms with van der Waals surface area (Å²) in [6.07, 6.45) is 5.34. The summed E-state index contributed by atoms with van der Waals surface area (Å²) in [7, 11) is 1.57. The Morgan fingerprint density at radius 2 is 1.94 bits per heavy atom. The number of hydrogen-bond acceptors (Lipinski definition) is 8. The monoisotopic (exact) mass is 498 g/mol. The topological polar surface area (TPSA) is 122 Å². The number of carbonyl (C=O) groups excluding carboxylic acids is 2. The van der Waals surface area contributed by atoms with Crippen molar-refractivity contribution in [2.24, 2.45) is 0 Å². The van der Waals surface area contributed by atoms with Gasteiger partial charge in [0, 0.05) is 37.5 Å². The summed E-state index contributed by atoms with van der Waals surface area (Å²) in [4.78, 5) is 32.4. The number of aromatic nitrogens is 3. The minimum absolute atomic E-state index is 0.00383. The molecule has 11 heteroatoms. The van der Waals surface area contributed by atoms with Crippen LogP contribution in [0, 0.1) is 20.8 Å². The molecule has 4 rings (SSSR count). The summed E-state index contributed by atoms with van der Waals surface area (Å²) in [5.41, 5.74) is 2.88. The molecule has 1 aliphatic rings. The summed E-state index contributed by atoms with van der Waals surface area (Å²) in [5.74, 6) is 0.370. The lowest BCUT2D eigenvalue weighted by Crippen LogP contribution is -2.37. The van der Waals surface area contributed by atoms with Crippen LogP contribution in [0.15, 0.2) is 24.5 Å². The second-order valence-corrected chi connectivity index (χ2v) is 9.69. The summed E-state index contributed by atoms with van der Waals surface area (Å²) >= 11 is 1.19. The molecule has 35 heavy (non-hydrogen) atoms. The fourth-order valence-electron chi connectivity index (χ4n) is 4.07. The first-order valence-corrected chi connectivity index (χ1v) is 12.3. The number of hydrogen-bond donors (Lipinski definition) is 3. The molecule has 1 unspecified atom stereocenters. The van der Waals surface area contributed by atoms with Gasteiger partial charge in [-0.25, -0.2) is 4.98 Å². The Hall–Kier alpha value is -3.44. The Kier molecular flexibility index (Phi) is 7.37. The van der Waals surface area contributed by atoms with Crippen molar-refractivity contribution in [3.63, 3.8) is 0 Å². The standard InChI is InChI=1S/C24H30N6O4S/c1-14-7-8-18(31)16(3)20(14)26-22(32)19-11-25-24(35-19)27-21-15(2)12-30(28-21)17(13-34-4)23(33)29-9-5-6-10-29/h7-8,11-12,17,31H,5-6,9-10,13H2,1-4H3,(H,26,32)(H,25,27,28). The Morgan fingerprint density at radius 3 is 2.66 bits per heavy atom. The largest absolute Gasteiger partial charge is 0.508 e. The van der Waals surface area contributed by atoms with Crippen molar-refractivity contribution in [1.29, 1.82) is 0 Å². The van der Waals surface area contributed by atoms with Crippen LogP contribution >= 0.6 is 11.3 Å². The van der Waals surface area contributed by atoms with E-state index in [0.717, 1.165) is 37.1 Å². The van der Waals surface area contributed by atoms with Gasteiger partial charge in [0.15, 0.2) is 17.0 Å². The Bertz CT molecular complexity index is 1230. The van der Waals surface area contributed by atoms with Gasteiger partial charge in [0.2, 0.25) is 5.91 Å². The van der Waals surface area contributed by atoms with Gasteiger partial charge in [-0.2, -0.15) is 5.10 Å². The average Bonchev–Trinajstić information content (AvgIpc) is 3.60. The van der Waals surface area contributed by atoms with Gasteiger partial charge in [0.25, 0.3) is 5.91 Å². The number of carbonyl (C=O) groups is 2. The van der Waals surface area contributed by atoms with Crippen molar-refractivity contribution in [1.82, 2.24) is 19.7 Å². The summed E-state index contributed by atoms with van der Waals surface area (Å²) in [6.45, 7) is 7.26. The zero-order chi connectivity index (χ0) is 25.1. The number of phenols is 1. The van der Waals surface area contributed by atoms with E-state index in [-0.39, 0.29) is 24.2 Å². The number of ether oxygens (including phenoxy) is 1. The third kappa shape index (κ3) is 5.30. The lowest BCUT2D eigenvalue weighted by Gasteiger charge is -2.22. The van der Waals surface area contributed by atoms with Crippen molar-refractivity contribution in [2.75, 3.05) is 37.4 Å². The second-order valence-electron chi connectivity index (χ2n) is 8.65. The molecule has 1 aromatic carbocycles. The third-order valence-corrected chi connectivity index (χ3v) is 7.01. The van der Waals surface area contributed by atoms with E-state index in [4.69, 9.17) is 4.74 Å². The van der Waals surface area contributed by atoms with Crippen LogP contribution in [0.25, 0.3) is 0 Å². The van der Waals surface area contributed by atoms with E-state index in [2.05, 4.69) is 20.7 Å². The Balaban J connectivity index is 1.48. The molecule has 186 valence electrons. The first kappa shape index (κ1) is 24.7. The van der Waals surface area contributed by atoms with Crippen LogP contribution in [-0.2, 0) is 9.53 Å². The van der Waals surface area contributed by atoms with E-state index in [1.807, 2.05) is 24.9 Å². The fourth-order valence-corrected chi connectivity index (χ4v) is 4.79. The van der Waals surface area contributed by atoms with Crippen LogP contribution in [0.3, 0.4) is 0 Å². The first-order chi connectivity index (χ1) is 16.8. The molecule has 1 fully saturated rings. The van der Waals surface area contributed by atoms with Gasteiger partial charge < -0.3 is 25.4 Å². The van der Waals surface area contributed by atoms with Crippen LogP contribution in [0.4, 0.5) is 16.6 Å². The summed E-state index contributed by atoms with van der Waals surface area (Å²) in [6, 6.07) is 2.81. The fraction of sp³-hybridized carbons (Fsp3) is 0.417. The molecule has 0 radical (unpaired) electrons. The van der Waals surface area contributed by atoms with Crippen molar-refractivity contribution in [3.05, 3.63) is 46.1 Å². The van der Waals surface area contributed by atoms with Crippen molar-refractivity contribution in [2.45, 2.75) is 39.7 Å². The molecule has 2 amide bonds. The highest BCUT2D eigenvalue weighted by molar-refractivity contribution is 7.17. The molecule has 3 N–H and O–H groups in total. The maximum absolute atomic E-state index is 13.0. The predicted octanol–water partition coefficient (Wildman–Crippen LogP) is 3.78. The number of rotatable bonds is 8. The number of benzene rings is 1. The van der Waals surface area contributed by atoms with E-state index in [9.17, 15) is 14.7 Å². The molecule has 1 atom stereocenters. The molecular weight excluding hydrogens is 468 g/mol. The van der Waals surface area contributed by atoms with Gasteiger partial charge in [0.05, 0.1) is 18.5 Å². The first-order valence-electron chi connectivity index (χ1n) is 11.4. The normalized spacial score (nSPS) is 14.2. The Labute approximate surface area is 207 Å². The van der Waals surface area contributed by atoms with E-state index in [1.165, 1.54) is 17.5 Å². The lowest BCUT2D eigenvalue weighted by atomic mass is 10.1. The molecule has 1 aliphatic heterocycles. The van der Waals surface area contributed by atoms with E-state index in [1.54, 1.807) is 30.8 Å². The van der Waals surface area contributed by atoms with E-state index in [0.29, 0.717) is 27.1 Å². The quantitative estimate of drug-likeness (QED) is 0.432. The highest BCUT2D eigenvalue weighted by Crippen LogP contribution is 2.30. The molecule has 3 aromatic rings. The van der Waals surface area contributed by atoms with Crippen LogP contribution in [0.2, 0.25) is 0 Å². The molecule has 10 nitrogen and oxygen atoms in total. The van der Waals surface area contributed by atoms with E-state index < -0.39 is 6.04 Å². The number of aryl methyl sites for hydroxylation is 2. The molecule has 3 heterocycles. The molecule has 2 aromatic heterocycles. The molecule has 0 saturated carbocycles. The zero-order valence-corrected chi connectivity index (χ0v) is 21.1. The van der Waals surface area contributed by atoms with Crippen molar-refractivity contribution < 1.29 is 19.4 Å². The highest BCUT2D eigenvalue weighted by atomic mass is 32.1. The smallest absolute Gasteiger partial charge is 0.267 e. The minimum atomic E-state index is -0.543. The van der Waals surface area contributed by atoms with Gasteiger partial charge in [-0.3, -0.25) is 14.3 Å². The van der Waals surface area contributed by atoms with Crippen LogP contribution in [0.1, 0.15) is 45.2 Å². The van der Waals surface area contributed by atoms with Crippen LogP contribution < -0.4 is 10.6 Å². The number of anilines is 3. The van der Waals surface area contributed by atoms with Gasteiger partial charge in [-0.05, 0) is 45.2 Å². The van der Waals surface area contributed by atoms with Crippen molar-refractivity contribution in [3.8, 4) is 5.75 Å². The SMILES string of the molecule is COCC(C(=O)N1CCCC1)n1cc(C)c(Nc2ncc(C(=O)Nc3c(C)ccc(O)c3C)s2)n1. The second kappa shape index (κ2) is 10.4. The lowest BCUT2D eigenvalue weighted by molar-refractivity contribution is -0.135. The van der Waals surface area contributed by atoms with Crippen LogP contribution in [0.5, 0.6) is 5.75 Å². The number of thiazole rings is 1. The molecule has 0 bridgehead atoms. The zero-order valence-electron chi connectivity index (χ0n) is 20.3. The number of phenolic OH excluding ortho intramolecular Hbond substituents is 1. The van der Waals surface area contributed by atoms with E-state index >= 15 is 0 Å². The number of nitrogens with zero attached hydrogens (tertiary/aromatic N) is 4. The summed E-state index contributed by atoms with van der Waals surface area (Å²) < 4.78 is 6.95. The van der Waals surface area contributed by atoms with Gasteiger partial charge in [-0.15, -0.1) is 0 Å². The number of likely N-dealkylation sites (tertiary alicyclic amines) is 1. The minimum Gasteiger partial charge on any atom is -0.508 e. The van der Waals surface area contributed by atoms with Gasteiger partial charge in [0.1, 0.15) is 10.6 Å². The maximum atomic E-state index is 13.0. The summed E-state index contributed by atoms with van der Waals surface area (Å²) in [5, 5.41) is 21.1. The molecule has 1 saturated heterocycles. The number of amides is 2. The van der Waals surface area contributed by atoms with Crippen molar-refractivity contribution >= 4 is 39.8 Å². The highest BCUT2D eigenvalue weighted by Gasteiger charge is 2.29. The average molecular weight is 499 g/mol. The molecule has 0 aliphatic carbocycles. The number of aromatic hydroxyl groups is 1. The molecular formula is C24H30N6O4S.